The van der Waals surface area contributed by atoms with Crippen molar-refractivity contribution in [2.24, 2.45) is 0 Å². The maximum Gasteiger partial charge on any atom is 0.387 e. The van der Waals surface area contributed by atoms with E-state index in [2.05, 4.69) is 4.74 Å². The number of benzene rings is 1. The maximum absolute atomic E-state index is 13.4. The van der Waals surface area contributed by atoms with Crippen LogP contribution in [0.3, 0.4) is 0 Å². The highest BCUT2D eigenvalue weighted by molar-refractivity contribution is 5.94. The first-order valence-electron chi connectivity index (χ1n) is 4.73. The van der Waals surface area contributed by atoms with Gasteiger partial charge < -0.3 is 4.74 Å². The normalized spacial score (nSPS) is 10.6. The number of halogens is 3. The van der Waals surface area contributed by atoms with Gasteiger partial charge >= 0.3 is 6.61 Å². The Morgan fingerprint density at radius 2 is 2.06 bits per heavy atom. The molecular weight excluding hydrogens is 221 g/mol. The van der Waals surface area contributed by atoms with Crippen LogP contribution in [0.2, 0.25) is 0 Å². The maximum atomic E-state index is 13.4. The average Bonchev–Trinajstić information content (AvgIpc) is 2.19. The Bertz CT molecular complexity index is 402. The van der Waals surface area contributed by atoms with Crippen molar-refractivity contribution in [1.29, 1.82) is 0 Å². The van der Waals surface area contributed by atoms with Gasteiger partial charge in [-0.25, -0.2) is 4.39 Å². The lowest BCUT2D eigenvalue weighted by Crippen LogP contribution is -2.07. The number of ketones is 1. The van der Waals surface area contributed by atoms with E-state index in [4.69, 9.17) is 0 Å². The van der Waals surface area contributed by atoms with Gasteiger partial charge in [0, 0.05) is 5.56 Å². The summed E-state index contributed by atoms with van der Waals surface area (Å²) in [6.07, 6.45) is 0.306. The molecule has 0 saturated carbocycles. The molecule has 0 fully saturated rings. The highest BCUT2D eigenvalue weighted by atomic mass is 19.3. The van der Waals surface area contributed by atoms with Gasteiger partial charge in [-0.2, -0.15) is 8.78 Å². The summed E-state index contributed by atoms with van der Waals surface area (Å²) in [4.78, 5) is 11.0. The molecule has 0 bridgehead atoms. The second-order valence-electron chi connectivity index (χ2n) is 3.23. The lowest BCUT2D eigenvalue weighted by Gasteiger charge is -2.11. The van der Waals surface area contributed by atoms with E-state index in [0.29, 0.717) is 6.42 Å². The molecule has 0 aliphatic carbocycles. The Morgan fingerprint density at radius 3 is 2.50 bits per heavy atom. The number of alkyl halides is 2. The molecular formula is C11H11F3O2. The van der Waals surface area contributed by atoms with E-state index in [1.807, 2.05) is 0 Å². The van der Waals surface area contributed by atoms with Gasteiger partial charge in [0.2, 0.25) is 0 Å². The number of carbonyl (C=O) groups is 1. The summed E-state index contributed by atoms with van der Waals surface area (Å²) >= 11 is 0. The number of hydrogen-bond donors (Lipinski definition) is 0. The van der Waals surface area contributed by atoms with Crippen molar-refractivity contribution in [2.75, 3.05) is 0 Å². The summed E-state index contributed by atoms with van der Waals surface area (Å²) < 4.78 is 41.5. The van der Waals surface area contributed by atoms with Crippen molar-refractivity contribution in [1.82, 2.24) is 0 Å². The van der Waals surface area contributed by atoms with Crippen LogP contribution in [-0.2, 0) is 6.42 Å². The summed E-state index contributed by atoms with van der Waals surface area (Å²) in [6, 6.07) is 2.27. The molecule has 0 amide bonds. The molecule has 0 N–H and O–H groups in total. The SMILES string of the molecule is CCc1cc(C(C)=O)cc(F)c1OC(F)F. The smallest absolute Gasteiger partial charge is 0.387 e. The third-order valence-corrected chi connectivity index (χ3v) is 2.11. The van der Waals surface area contributed by atoms with Crippen molar-refractivity contribution in [3.63, 3.8) is 0 Å². The van der Waals surface area contributed by atoms with Gasteiger partial charge in [-0.3, -0.25) is 4.79 Å². The molecule has 0 spiro atoms. The van der Waals surface area contributed by atoms with E-state index >= 15 is 0 Å². The third-order valence-electron chi connectivity index (χ3n) is 2.11. The fraction of sp³-hybridized carbons (Fsp3) is 0.364. The summed E-state index contributed by atoms with van der Waals surface area (Å²) in [5.41, 5.74) is 0.404. The van der Waals surface area contributed by atoms with Crippen LogP contribution in [0.15, 0.2) is 12.1 Å². The van der Waals surface area contributed by atoms with Crippen LogP contribution < -0.4 is 4.74 Å². The average molecular weight is 232 g/mol. The molecule has 0 aliphatic heterocycles. The topological polar surface area (TPSA) is 26.3 Å². The number of hydrogen-bond acceptors (Lipinski definition) is 2. The summed E-state index contributed by atoms with van der Waals surface area (Å²) in [5.74, 6) is -1.75. The highest BCUT2D eigenvalue weighted by Gasteiger charge is 2.16. The van der Waals surface area contributed by atoms with Gasteiger partial charge in [0.05, 0.1) is 0 Å². The van der Waals surface area contributed by atoms with Crippen molar-refractivity contribution in [2.45, 2.75) is 26.9 Å². The van der Waals surface area contributed by atoms with E-state index in [-0.39, 0.29) is 16.9 Å². The van der Waals surface area contributed by atoms with Crippen LogP contribution in [-0.4, -0.2) is 12.4 Å². The van der Waals surface area contributed by atoms with Gasteiger partial charge in [0.25, 0.3) is 0 Å². The van der Waals surface area contributed by atoms with Crippen molar-refractivity contribution >= 4 is 5.78 Å². The molecule has 0 aromatic heterocycles. The Morgan fingerprint density at radius 1 is 1.44 bits per heavy atom. The number of carbonyl (C=O) groups excluding carboxylic acids is 1. The van der Waals surface area contributed by atoms with E-state index < -0.39 is 18.2 Å². The van der Waals surface area contributed by atoms with E-state index in [1.165, 1.54) is 13.0 Å². The van der Waals surface area contributed by atoms with Crippen LogP contribution in [0.25, 0.3) is 0 Å². The molecule has 5 heteroatoms. The first-order chi connectivity index (χ1) is 7.45. The second-order valence-corrected chi connectivity index (χ2v) is 3.23. The Hall–Kier alpha value is -1.52. The molecule has 1 aromatic carbocycles. The molecule has 0 saturated heterocycles. The van der Waals surface area contributed by atoms with Crippen LogP contribution >= 0.6 is 0 Å². The van der Waals surface area contributed by atoms with Crippen molar-refractivity contribution in [3.8, 4) is 5.75 Å². The summed E-state index contributed by atoms with van der Waals surface area (Å²) in [7, 11) is 0. The molecule has 0 heterocycles. The predicted molar refractivity (Wildman–Crippen MR) is 52.4 cm³/mol. The van der Waals surface area contributed by atoms with E-state index in [0.717, 1.165) is 6.07 Å². The number of rotatable bonds is 4. The molecule has 2 nitrogen and oxygen atoms in total. The lowest BCUT2D eigenvalue weighted by atomic mass is 10.0. The lowest BCUT2D eigenvalue weighted by molar-refractivity contribution is -0.0527. The quantitative estimate of drug-likeness (QED) is 0.745. The minimum Gasteiger partial charge on any atom is -0.431 e. The predicted octanol–water partition coefficient (Wildman–Crippen LogP) is 3.19. The van der Waals surface area contributed by atoms with Gasteiger partial charge in [-0.1, -0.05) is 6.92 Å². The number of ether oxygens (including phenoxy) is 1. The Balaban J connectivity index is 3.23. The van der Waals surface area contributed by atoms with Gasteiger partial charge in [-0.05, 0) is 31.0 Å². The fourth-order valence-corrected chi connectivity index (χ4v) is 1.34. The van der Waals surface area contributed by atoms with Crippen LogP contribution in [0, 0.1) is 5.82 Å². The largest absolute Gasteiger partial charge is 0.431 e. The molecule has 1 rings (SSSR count). The van der Waals surface area contributed by atoms with Crippen LogP contribution in [0.4, 0.5) is 13.2 Å². The highest BCUT2D eigenvalue weighted by Crippen LogP contribution is 2.27. The third kappa shape index (κ3) is 2.74. The minimum atomic E-state index is -3.08. The molecule has 0 atom stereocenters. The zero-order chi connectivity index (χ0) is 12.3. The molecule has 0 radical (unpaired) electrons. The first-order valence-corrected chi connectivity index (χ1v) is 4.73. The number of aryl methyl sites for hydroxylation is 1. The van der Waals surface area contributed by atoms with Crippen LogP contribution in [0.5, 0.6) is 5.75 Å². The van der Waals surface area contributed by atoms with Crippen molar-refractivity contribution < 1.29 is 22.7 Å². The van der Waals surface area contributed by atoms with Crippen molar-refractivity contribution in [3.05, 3.63) is 29.1 Å². The van der Waals surface area contributed by atoms with E-state index in [9.17, 15) is 18.0 Å². The van der Waals surface area contributed by atoms with Gasteiger partial charge in [0.15, 0.2) is 17.3 Å². The van der Waals surface area contributed by atoms with Crippen LogP contribution in [0.1, 0.15) is 29.8 Å². The molecule has 0 aliphatic rings. The second kappa shape index (κ2) is 5.01. The summed E-state index contributed by atoms with van der Waals surface area (Å²) in [6.45, 7) is -0.137. The molecule has 88 valence electrons. The monoisotopic (exact) mass is 232 g/mol. The molecule has 0 unspecified atom stereocenters. The standard InChI is InChI=1S/C11H11F3O2/c1-3-7-4-8(6(2)15)5-9(12)10(7)16-11(13)14/h4-5,11H,3H2,1-2H3. The minimum absolute atomic E-state index is 0.149. The molecule has 16 heavy (non-hydrogen) atoms. The number of Topliss-reactive ketones (excluding diaryl/α,β-unsaturated/α-hetero) is 1. The zero-order valence-corrected chi connectivity index (χ0v) is 8.89. The van der Waals surface area contributed by atoms with Gasteiger partial charge in [-0.15, -0.1) is 0 Å². The Kier molecular flexibility index (Phi) is 3.93. The zero-order valence-electron chi connectivity index (χ0n) is 8.89. The van der Waals surface area contributed by atoms with Gasteiger partial charge in [0.1, 0.15) is 0 Å². The van der Waals surface area contributed by atoms with E-state index in [1.54, 1.807) is 6.92 Å². The fourth-order valence-electron chi connectivity index (χ4n) is 1.34. The first kappa shape index (κ1) is 12.5. The Labute approximate surface area is 91.0 Å². The summed E-state index contributed by atoms with van der Waals surface area (Å²) in [5, 5.41) is 0. The molecule has 1 aromatic rings.